The van der Waals surface area contributed by atoms with Gasteiger partial charge in [0.15, 0.2) is 0 Å². The number of benzene rings is 1. The van der Waals surface area contributed by atoms with Crippen molar-refractivity contribution in [2.24, 2.45) is 0 Å². The summed E-state index contributed by atoms with van der Waals surface area (Å²) in [7, 11) is 0. The van der Waals surface area contributed by atoms with E-state index in [0.29, 0.717) is 21.7 Å². The minimum absolute atomic E-state index is 0.313. The van der Waals surface area contributed by atoms with Gasteiger partial charge in [-0.05, 0) is 40.5 Å². The van der Waals surface area contributed by atoms with Gasteiger partial charge in [0.05, 0.1) is 12.2 Å². The predicted molar refractivity (Wildman–Crippen MR) is 64.3 cm³/mol. The highest BCUT2D eigenvalue weighted by Crippen LogP contribution is 2.22. The normalized spacial score (nSPS) is 10.1. The number of rotatable bonds is 4. The summed E-state index contributed by atoms with van der Waals surface area (Å²) in [5.41, 5.74) is 0.510. The van der Waals surface area contributed by atoms with E-state index in [1.165, 1.54) is 0 Å². The van der Waals surface area contributed by atoms with Crippen molar-refractivity contribution in [2.75, 3.05) is 6.61 Å². The Morgan fingerprint density at radius 2 is 2.27 bits per heavy atom. The Bertz CT molecular complexity index is 352. The molecule has 0 aliphatic carbocycles. The molecule has 0 bridgehead atoms. The number of carbonyl (C=O) groups excluding carboxylic acids is 1. The molecule has 15 heavy (non-hydrogen) atoms. The van der Waals surface area contributed by atoms with E-state index in [1.807, 2.05) is 6.92 Å². The molecule has 0 fully saturated rings. The number of hydrogen-bond acceptors (Lipinski definition) is 2. The molecular formula is C11H12BrClO2. The Kier molecular flexibility index (Phi) is 5.12. The van der Waals surface area contributed by atoms with Crippen molar-refractivity contribution < 1.29 is 9.53 Å². The van der Waals surface area contributed by atoms with Crippen LogP contribution in [0.15, 0.2) is 22.7 Å². The summed E-state index contributed by atoms with van der Waals surface area (Å²) in [5.74, 6) is -0.313. The molecule has 0 radical (unpaired) electrons. The Balaban J connectivity index is 2.65. The fraction of sp³-hybridized carbons (Fsp3) is 0.364. The van der Waals surface area contributed by atoms with Crippen molar-refractivity contribution in [2.45, 2.75) is 19.8 Å². The van der Waals surface area contributed by atoms with Gasteiger partial charge < -0.3 is 4.74 Å². The van der Waals surface area contributed by atoms with Crippen LogP contribution in [0.3, 0.4) is 0 Å². The van der Waals surface area contributed by atoms with Crippen LogP contribution in [0.25, 0.3) is 0 Å². The molecule has 0 aliphatic heterocycles. The monoisotopic (exact) mass is 290 g/mol. The summed E-state index contributed by atoms with van der Waals surface area (Å²) in [4.78, 5) is 11.6. The molecule has 2 nitrogen and oxygen atoms in total. The lowest BCUT2D eigenvalue weighted by molar-refractivity contribution is 0.0498. The van der Waals surface area contributed by atoms with Gasteiger partial charge in [0.2, 0.25) is 0 Å². The Hall–Kier alpha value is -0.540. The van der Waals surface area contributed by atoms with Crippen molar-refractivity contribution in [3.8, 4) is 0 Å². The Morgan fingerprint density at radius 1 is 1.53 bits per heavy atom. The number of hydrogen-bond donors (Lipinski definition) is 0. The van der Waals surface area contributed by atoms with Gasteiger partial charge >= 0.3 is 5.97 Å². The lowest BCUT2D eigenvalue weighted by atomic mass is 10.2. The number of carbonyl (C=O) groups is 1. The van der Waals surface area contributed by atoms with Crippen LogP contribution in [0.1, 0.15) is 30.1 Å². The fourth-order valence-corrected chi connectivity index (χ4v) is 1.89. The maximum absolute atomic E-state index is 11.6. The molecule has 0 N–H and O–H groups in total. The van der Waals surface area contributed by atoms with Gasteiger partial charge in [-0.1, -0.05) is 24.9 Å². The third-order valence-corrected chi connectivity index (χ3v) is 2.77. The maximum Gasteiger partial charge on any atom is 0.339 e. The molecule has 0 saturated carbocycles. The van der Waals surface area contributed by atoms with E-state index in [2.05, 4.69) is 15.9 Å². The highest BCUT2D eigenvalue weighted by Gasteiger charge is 2.11. The molecule has 0 amide bonds. The van der Waals surface area contributed by atoms with E-state index in [1.54, 1.807) is 18.2 Å². The van der Waals surface area contributed by atoms with Gasteiger partial charge in [-0.25, -0.2) is 4.79 Å². The standard InChI is InChI=1S/C11H12BrClO2/c1-2-3-6-15-11(14)9-5-4-8(13)7-10(9)12/h4-5,7H,2-3,6H2,1H3. The van der Waals surface area contributed by atoms with Crippen LogP contribution in [0.4, 0.5) is 0 Å². The molecule has 0 unspecified atom stereocenters. The molecule has 0 aromatic heterocycles. The lowest BCUT2D eigenvalue weighted by Crippen LogP contribution is -2.06. The molecule has 82 valence electrons. The second kappa shape index (κ2) is 6.13. The first-order valence-electron chi connectivity index (χ1n) is 4.77. The highest BCUT2D eigenvalue weighted by molar-refractivity contribution is 9.10. The quantitative estimate of drug-likeness (QED) is 0.618. The van der Waals surface area contributed by atoms with Crippen molar-refractivity contribution in [1.82, 2.24) is 0 Å². The summed E-state index contributed by atoms with van der Waals surface area (Å²) in [6.45, 7) is 2.51. The summed E-state index contributed by atoms with van der Waals surface area (Å²) in [6.07, 6.45) is 1.89. The zero-order chi connectivity index (χ0) is 11.3. The average molecular weight is 292 g/mol. The van der Waals surface area contributed by atoms with E-state index in [9.17, 15) is 4.79 Å². The van der Waals surface area contributed by atoms with Crippen LogP contribution in [0, 0.1) is 0 Å². The third-order valence-electron chi connectivity index (χ3n) is 1.88. The zero-order valence-electron chi connectivity index (χ0n) is 8.43. The molecule has 1 rings (SSSR count). The largest absolute Gasteiger partial charge is 0.462 e. The van der Waals surface area contributed by atoms with Crippen LogP contribution < -0.4 is 0 Å². The van der Waals surface area contributed by atoms with E-state index < -0.39 is 0 Å². The Labute approximate surface area is 103 Å². The first kappa shape index (κ1) is 12.5. The first-order chi connectivity index (χ1) is 7.15. The second-order valence-corrected chi connectivity index (χ2v) is 4.40. The van der Waals surface area contributed by atoms with Crippen LogP contribution in [-0.4, -0.2) is 12.6 Å². The average Bonchev–Trinajstić information content (AvgIpc) is 2.17. The smallest absolute Gasteiger partial charge is 0.339 e. The molecule has 1 aromatic carbocycles. The van der Waals surface area contributed by atoms with Gasteiger partial charge in [-0.2, -0.15) is 0 Å². The van der Waals surface area contributed by atoms with E-state index in [-0.39, 0.29) is 5.97 Å². The van der Waals surface area contributed by atoms with Crippen LogP contribution >= 0.6 is 27.5 Å². The number of halogens is 2. The third kappa shape index (κ3) is 3.84. The first-order valence-corrected chi connectivity index (χ1v) is 5.94. The summed E-state index contributed by atoms with van der Waals surface area (Å²) in [5, 5.41) is 0.590. The SMILES string of the molecule is CCCCOC(=O)c1ccc(Cl)cc1Br. The van der Waals surface area contributed by atoms with Gasteiger partial charge in [-0.3, -0.25) is 0 Å². The molecule has 1 aromatic rings. The number of ether oxygens (including phenoxy) is 1. The molecule has 0 atom stereocenters. The van der Waals surface area contributed by atoms with Gasteiger partial charge in [-0.15, -0.1) is 0 Å². The van der Waals surface area contributed by atoms with Crippen molar-refractivity contribution in [3.05, 3.63) is 33.3 Å². The van der Waals surface area contributed by atoms with Crippen molar-refractivity contribution in [3.63, 3.8) is 0 Å². The van der Waals surface area contributed by atoms with Crippen molar-refractivity contribution >= 4 is 33.5 Å². The second-order valence-electron chi connectivity index (χ2n) is 3.11. The minimum Gasteiger partial charge on any atom is -0.462 e. The predicted octanol–water partition coefficient (Wildman–Crippen LogP) is 4.06. The Morgan fingerprint density at radius 3 is 2.87 bits per heavy atom. The summed E-state index contributed by atoms with van der Waals surface area (Å²) >= 11 is 9.04. The fourth-order valence-electron chi connectivity index (χ4n) is 1.04. The van der Waals surface area contributed by atoms with E-state index >= 15 is 0 Å². The minimum atomic E-state index is -0.313. The molecular weight excluding hydrogens is 279 g/mol. The summed E-state index contributed by atoms with van der Waals surface area (Å²) in [6, 6.07) is 5.00. The maximum atomic E-state index is 11.6. The van der Waals surface area contributed by atoms with Crippen LogP contribution in [-0.2, 0) is 4.74 Å². The molecule has 4 heteroatoms. The molecule has 0 aliphatic rings. The number of esters is 1. The van der Waals surface area contributed by atoms with Crippen LogP contribution in [0.5, 0.6) is 0 Å². The van der Waals surface area contributed by atoms with Gasteiger partial charge in [0, 0.05) is 9.50 Å². The molecule has 0 heterocycles. The zero-order valence-corrected chi connectivity index (χ0v) is 10.8. The summed E-state index contributed by atoms with van der Waals surface area (Å²) < 4.78 is 5.74. The molecule has 0 saturated heterocycles. The number of unbranched alkanes of at least 4 members (excludes halogenated alkanes) is 1. The van der Waals surface area contributed by atoms with Crippen LogP contribution in [0.2, 0.25) is 5.02 Å². The van der Waals surface area contributed by atoms with E-state index in [0.717, 1.165) is 12.8 Å². The van der Waals surface area contributed by atoms with Crippen molar-refractivity contribution in [1.29, 1.82) is 0 Å². The van der Waals surface area contributed by atoms with Gasteiger partial charge in [0.25, 0.3) is 0 Å². The van der Waals surface area contributed by atoms with Gasteiger partial charge in [0.1, 0.15) is 0 Å². The van der Waals surface area contributed by atoms with E-state index in [4.69, 9.17) is 16.3 Å². The highest BCUT2D eigenvalue weighted by atomic mass is 79.9. The molecule has 0 spiro atoms. The topological polar surface area (TPSA) is 26.3 Å². The lowest BCUT2D eigenvalue weighted by Gasteiger charge is -2.05.